The molecule has 0 atom stereocenters. The molecule has 0 fully saturated rings. The van der Waals surface area contributed by atoms with Crippen LogP contribution in [0, 0.1) is 49.4 Å². The Labute approximate surface area is 237 Å². The number of nitrogens with zero attached hydrogens (tertiary/aromatic N) is 2. The molecule has 10 heteroatoms. The van der Waals surface area contributed by atoms with Crippen LogP contribution in [0.25, 0.3) is 33.1 Å². The van der Waals surface area contributed by atoms with Crippen LogP contribution in [0.1, 0.15) is 10.4 Å². The molecule has 177 valence electrons. The molecular formula is C25H15EuF3N2O4. The summed E-state index contributed by atoms with van der Waals surface area (Å²) in [7, 11) is 0. The SMILES string of the molecule is O=C(c1c(O)c2c(ccc3ccccc32)oc1=O)C(F)(F)F.[Eu].c1ccc(-c2ccccn2)nc1. The Hall–Kier alpha value is -2.95. The summed E-state index contributed by atoms with van der Waals surface area (Å²) in [5, 5.41) is 11.0. The minimum absolute atomic E-state index is 0. The zero-order chi connectivity index (χ0) is 24.3. The summed E-state index contributed by atoms with van der Waals surface area (Å²) in [5.74, 6) is -3.46. The van der Waals surface area contributed by atoms with Crippen molar-refractivity contribution in [1.82, 2.24) is 9.97 Å². The Balaban J connectivity index is 0.000000223. The molecule has 0 aliphatic carbocycles. The van der Waals surface area contributed by atoms with Gasteiger partial charge in [-0.25, -0.2) is 4.79 Å². The molecule has 6 nitrogen and oxygen atoms in total. The van der Waals surface area contributed by atoms with Crippen LogP contribution in [0.4, 0.5) is 13.2 Å². The predicted molar refractivity (Wildman–Crippen MR) is 120 cm³/mol. The smallest absolute Gasteiger partial charge is 0.455 e. The van der Waals surface area contributed by atoms with Gasteiger partial charge in [0.15, 0.2) is 5.56 Å². The van der Waals surface area contributed by atoms with Gasteiger partial charge in [-0.05, 0) is 41.1 Å². The third kappa shape index (κ3) is 5.83. The minimum atomic E-state index is -5.29. The Kier molecular flexibility index (Phi) is 8.53. The Bertz CT molecular complexity index is 1500. The monoisotopic (exact) mass is 617 g/mol. The molecule has 0 saturated carbocycles. The second-order valence-corrected chi connectivity index (χ2v) is 7.03. The van der Waals surface area contributed by atoms with Gasteiger partial charge in [-0.15, -0.1) is 0 Å². The second kappa shape index (κ2) is 11.2. The van der Waals surface area contributed by atoms with Gasteiger partial charge in [0.05, 0.1) is 16.8 Å². The molecule has 5 aromatic rings. The predicted octanol–water partition coefficient (Wildman–Crippen LogP) is 5.54. The molecule has 0 saturated heterocycles. The molecule has 3 heterocycles. The van der Waals surface area contributed by atoms with E-state index < -0.39 is 28.9 Å². The van der Waals surface area contributed by atoms with Gasteiger partial charge in [-0.2, -0.15) is 13.2 Å². The largest absolute Gasteiger partial charge is 0.506 e. The van der Waals surface area contributed by atoms with Gasteiger partial charge in [0, 0.05) is 61.8 Å². The van der Waals surface area contributed by atoms with Crippen molar-refractivity contribution in [2.24, 2.45) is 0 Å². The van der Waals surface area contributed by atoms with Gasteiger partial charge in [0.25, 0.3) is 5.78 Å². The third-order valence-corrected chi connectivity index (χ3v) is 4.85. The number of Topliss-reactive ketones (excluding diaryl/α,β-unsaturated/α-hetero) is 1. The summed E-state index contributed by atoms with van der Waals surface area (Å²) in [6.45, 7) is 0. The van der Waals surface area contributed by atoms with Crippen molar-refractivity contribution < 1.29 is 76.9 Å². The Morgan fingerprint density at radius 2 is 1.40 bits per heavy atom. The van der Waals surface area contributed by atoms with Gasteiger partial charge in [0.2, 0.25) is 0 Å². The van der Waals surface area contributed by atoms with E-state index in [1.165, 1.54) is 6.07 Å². The maximum atomic E-state index is 12.6. The zero-order valence-corrected chi connectivity index (χ0v) is 20.1. The molecule has 0 unspecified atom stereocenters. The van der Waals surface area contributed by atoms with Crippen molar-refractivity contribution in [3.63, 3.8) is 0 Å². The summed E-state index contributed by atoms with van der Waals surface area (Å²) in [4.78, 5) is 31.3. The molecule has 0 aliphatic heterocycles. The summed E-state index contributed by atoms with van der Waals surface area (Å²) in [6.07, 6.45) is -1.75. The van der Waals surface area contributed by atoms with Gasteiger partial charge in [-0.3, -0.25) is 14.8 Å². The van der Waals surface area contributed by atoms with E-state index in [1.807, 2.05) is 36.4 Å². The second-order valence-electron chi connectivity index (χ2n) is 7.03. The molecule has 0 spiro atoms. The fraction of sp³-hybridized carbons (Fsp3) is 0.0400. The van der Waals surface area contributed by atoms with E-state index in [0.717, 1.165) is 11.4 Å². The number of carbonyl (C=O) groups is 1. The van der Waals surface area contributed by atoms with Crippen molar-refractivity contribution >= 4 is 27.5 Å². The van der Waals surface area contributed by atoms with Crippen LogP contribution in [0.2, 0.25) is 0 Å². The summed E-state index contributed by atoms with van der Waals surface area (Å²) in [5.41, 5.74) is -1.20. The first-order valence-electron chi connectivity index (χ1n) is 9.89. The normalized spacial score (nSPS) is 10.8. The first kappa shape index (κ1) is 26.7. The maximum Gasteiger partial charge on any atom is 0.455 e. The van der Waals surface area contributed by atoms with Crippen molar-refractivity contribution in [1.29, 1.82) is 0 Å². The number of hydrogen-bond acceptors (Lipinski definition) is 6. The number of alkyl halides is 3. The van der Waals surface area contributed by atoms with E-state index in [1.54, 1.807) is 42.7 Å². The van der Waals surface area contributed by atoms with Crippen LogP contribution in [0.15, 0.2) is 94.4 Å². The van der Waals surface area contributed by atoms with Crippen LogP contribution >= 0.6 is 0 Å². The van der Waals surface area contributed by atoms with E-state index in [9.17, 15) is 27.9 Å². The molecule has 0 amide bonds. The molecule has 1 N–H and O–H groups in total. The average molecular weight is 616 g/mol. The molecule has 35 heavy (non-hydrogen) atoms. The minimum Gasteiger partial charge on any atom is -0.506 e. The van der Waals surface area contributed by atoms with Crippen LogP contribution in [0.5, 0.6) is 5.75 Å². The number of aromatic hydroxyl groups is 1. The topological polar surface area (TPSA) is 93.3 Å². The number of rotatable bonds is 2. The van der Waals surface area contributed by atoms with E-state index >= 15 is 0 Å². The van der Waals surface area contributed by atoms with Crippen LogP contribution in [-0.2, 0) is 0 Å². The van der Waals surface area contributed by atoms with Crippen molar-refractivity contribution in [2.45, 2.75) is 6.18 Å². The van der Waals surface area contributed by atoms with E-state index in [-0.39, 0.29) is 60.3 Å². The summed E-state index contributed by atoms with van der Waals surface area (Å²) < 4.78 is 42.5. The summed E-state index contributed by atoms with van der Waals surface area (Å²) in [6, 6.07) is 21.1. The average Bonchev–Trinajstić information content (AvgIpc) is 2.84. The molecule has 5 rings (SSSR count). The first-order valence-corrected chi connectivity index (χ1v) is 9.89. The fourth-order valence-corrected chi connectivity index (χ4v) is 3.32. The van der Waals surface area contributed by atoms with Gasteiger partial charge < -0.3 is 9.52 Å². The Morgan fingerprint density at radius 3 is 1.94 bits per heavy atom. The number of ketones is 1. The quantitative estimate of drug-likeness (QED) is 0.159. The number of hydrogen-bond donors (Lipinski definition) is 1. The number of pyridine rings is 2. The number of fused-ring (bicyclic) bond motifs is 3. The van der Waals surface area contributed by atoms with Crippen LogP contribution < -0.4 is 5.63 Å². The van der Waals surface area contributed by atoms with Crippen LogP contribution in [-0.4, -0.2) is 27.0 Å². The van der Waals surface area contributed by atoms with Gasteiger partial charge in [0.1, 0.15) is 11.3 Å². The molecule has 2 aromatic carbocycles. The number of carbonyl (C=O) groups excluding carboxylic acids is 1. The number of benzene rings is 2. The van der Waals surface area contributed by atoms with E-state index in [4.69, 9.17) is 4.42 Å². The molecule has 1 radical (unpaired) electrons. The zero-order valence-electron chi connectivity index (χ0n) is 17.7. The molecule has 0 bridgehead atoms. The fourth-order valence-electron chi connectivity index (χ4n) is 3.32. The van der Waals surface area contributed by atoms with E-state index in [2.05, 4.69) is 9.97 Å². The van der Waals surface area contributed by atoms with E-state index in [0.29, 0.717) is 10.8 Å². The van der Waals surface area contributed by atoms with Gasteiger partial charge in [-0.1, -0.05) is 42.5 Å². The van der Waals surface area contributed by atoms with Crippen molar-refractivity contribution in [3.05, 3.63) is 101 Å². The number of aromatic nitrogens is 2. The van der Waals surface area contributed by atoms with Crippen molar-refractivity contribution in [3.8, 4) is 17.1 Å². The maximum absolute atomic E-state index is 12.6. The molecular weight excluding hydrogens is 601 g/mol. The van der Waals surface area contributed by atoms with Gasteiger partial charge >= 0.3 is 11.8 Å². The summed E-state index contributed by atoms with van der Waals surface area (Å²) >= 11 is 0. The third-order valence-electron chi connectivity index (χ3n) is 4.85. The number of halogens is 3. The molecule has 0 aliphatic rings. The molecule has 3 aromatic heterocycles. The van der Waals surface area contributed by atoms with Crippen molar-refractivity contribution in [2.75, 3.05) is 0 Å². The Morgan fingerprint density at radius 1 is 0.829 bits per heavy atom. The first-order chi connectivity index (χ1) is 16.3. The van der Waals surface area contributed by atoms with Crippen LogP contribution in [0.3, 0.4) is 0 Å². The standard InChI is InChI=1S/C15H7F3O4.C10H8N2.Eu/c16-15(17,18)13(20)11-12(19)10-8-4-2-1-3-7(8)5-6-9(10)22-14(11)21;1-3-7-11-9(5-1)10-6-2-4-8-12-10;/h1-6,19H;1-8H;.